The third-order valence-corrected chi connectivity index (χ3v) is 6.11. The van der Waals surface area contributed by atoms with E-state index in [2.05, 4.69) is 10.6 Å². The Balaban J connectivity index is 1.46. The molecular weight excluding hydrogens is 489 g/mol. The summed E-state index contributed by atoms with van der Waals surface area (Å²) in [5.41, 5.74) is 2.43. The van der Waals surface area contributed by atoms with Crippen LogP contribution in [-0.4, -0.2) is 24.3 Å². The smallest absolute Gasteiger partial charge is 0.283 e. The normalized spacial score (nSPS) is 13.3. The number of nitrogens with zero attached hydrogens (tertiary/aromatic N) is 1. The second kappa shape index (κ2) is 10.2. The summed E-state index contributed by atoms with van der Waals surface area (Å²) in [5, 5.41) is 5.91. The van der Waals surface area contributed by atoms with Crippen molar-refractivity contribution in [1.82, 2.24) is 0 Å². The van der Waals surface area contributed by atoms with Gasteiger partial charge >= 0.3 is 0 Å². The third-order valence-electron chi connectivity index (χ3n) is 5.35. The van der Waals surface area contributed by atoms with Gasteiger partial charge in [0.2, 0.25) is 0 Å². The van der Waals surface area contributed by atoms with Gasteiger partial charge in [-0.1, -0.05) is 29.3 Å². The lowest BCUT2D eigenvalue weighted by atomic mass is 10.1. The molecule has 178 valence electrons. The van der Waals surface area contributed by atoms with Crippen LogP contribution in [0.25, 0.3) is 0 Å². The Morgan fingerprint density at radius 3 is 2.23 bits per heavy atom. The van der Waals surface area contributed by atoms with E-state index in [-0.39, 0.29) is 16.6 Å². The summed E-state index contributed by atoms with van der Waals surface area (Å²) in [5.74, 6) is -0.816. The molecule has 35 heavy (non-hydrogen) atoms. The molecule has 0 unspecified atom stereocenters. The van der Waals surface area contributed by atoms with E-state index in [4.69, 9.17) is 27.9 Å². The average Bonchev–Trinajstić information content (AvgIpc) is 3.06. The summed E-state index contributed by atoms with van der Waals surface area (Å²) >= 11 is 12.4. The number of anilines is 3. The zero-order chi connectivity index (χ0) is 25.1. The maximum atomic E-state index is 13.0. The molecule has 1 heterocycles. The van der Waals surface area contributed by atoms with Crippen LogP contribution in [-0.2, 0) is 9.59 Å². The Morgan fingerprint density at radius 1 is 0.914 bits per heavy atom. The highest BCUT2D eigenvalue weighted by molar-refractivity contribution is 6.53. The molecule has 1 aliphatic rings. The first-order chi connectivity index (χ1) is 16.8. The van der Waals surface area contributed by atoms with Crippen molar-refractivity contribution in [3.63, 3.8) is 0 Å². The number of ether oxygens (including phenoxy) is 1. The minimum Gasteiger partial charge on any atom is -0.494 e. The van der Waals surface area contributed by atoms with Crippen LogP contribution in [0, 0.1) is 6.92 Å². The Hall–Kier alpha value is -3.81. The Morgan fingerprint density at radius 2 is 1.57 bits per heavy atom. The lowest BCUT2D eigenvalue weighted by Crippen LogP contribution is -2.32. The lowest BCUT2D eigenvalue weighted by molar-refractivity contribution is -0.120. The zero-order valence-electron chi connectivity index (χ0n) is 18.9. The molecule has 0 radical (unpaired) electrons. The van der Waals surface area contributed by atoms with Crippen molar-refractivity contribution >= 4 is 58.0 Å². The second-order valence-electron chi connectivity index (χ2n) is 7.63. The number of imide groups is 1. The Labute approximate surface area is 212 Å². The molecule has 3 amide bonds. The average molecular weight is 510 g/mol. The number of carbonyl (C=O) groups is 3. The molecule has 0 atom stereocenters. The standard InChI is InChI=1S/C26H21Cl2N3O4/c1-3-35-19-13-11-18(12-14-19)30-24(32)16-7-9-17(10-8-16)29-23-22(28)25(33)31(26(23)34)21-6-4-5-20(27)15(21)2/h4-14,29H,3H2,1-2H3,(H,30,32). The predicted molar refractivity (Wildman–Crippen MR) is 137 cm³/mol. The molecular formula is C26H21Cl2N3O4. The van der Waals surface area contributed by atoms with Gasteiger partial charge < -0.3 is 15.4 Å². The number of hydrogen-bond acceptors (Lipinski definition) is 5. The van der Waals surface area contributed by atoms with Gasteiger partial charge in [-0.05, 0) is 80.1 Å². The molecule has 0 aromatic heterocycles. The van der Waals surface area contributed by atoms with Crippen molar-refractivity contribution in [3.05, 3.63) is 93.6 Å². The van der Waals surface area contributed by atoms with E-state index in [0.717, 1.165) is 10.6 Å². The maximum absolute atomic E-state index is 13.0. The lowest BCUT2D eigenvalue weighted by Gasteiger charge is -2.18. The molecule has 0 saturated heterocycles. The van der Waals surface area contributed by atoms with Gasteiger partial charge in [0.25, 0.3) is 17.7 Å². The Kier molecular flexibility index (Phi) is 7.10. The van der Waals surface area contributed by atoms with Crippen molar-refractivity contribution in [3.8, 4) is 5.75 Å². The monoisotopic (exact) mass is 509 g/mol. The molecule has 0 saturated carbocycles. The van der Waals surface area contributed by atoms with Crippen molar-refractivity contribution in [1.29, 1.82) is 0 Å². The zero-order valence-corrected chi connectivity index (χ0v) is 20.4. The second-order valence-corrected chi connectivity index (χ2v) is 8.42. The fourth-order valence-electron chi connectivity index (χ4n) is 3.52. The van der Waals surface area contributed by atoms with Crippen LogP contribution >= 0.6 is 23.2 Å². The predicted octanol–water partition coefficient (Wildman–Crippen LogP) is 5.74. The van der Waals surface area contributed by atoms with Gasteiger partial charge in [-0.2, -0.15) is 0 Å². The number of halogens is 2. The molecule has 4 rings (SSSR count). The molecule has 0 bridgehead atoms. The van der Waals surface area contributed by atoms with Gasteiger partial charge in [0.05, 0.1) is 12.3 Å². The minimum absolute atomic E-state index is 0.0531. The van der Waals surface area contributed by atoms with Gasteiger partial charge in [0, 0.05) is 22.0 Å². The topological polar surface area (TPSA) is 87.7 Å². The molecule has 3 aromatic rings. The largest absolute Gasteiger partial charge is 0.494 e. The summed E-state index contributed by atoms with van der Waals surface area (Å²) in [7, 11) is 0. The fraction of sp³-hybridized carbons (Fsp3) is 0.115. The maximum Gasteiger partial charge on any atom is 0.283 e. The van der Waals surface area contributed by atoms with Crippen LogP contribution in [0.5, 0.6) is 5.75 Å². The summed E-state index contributed by atoms with van der Waals surface area (Å²) in [6.07, 6.45) is 0. The highest BCUT2D eigenvalue weighted by Crippen LogP contribution is 2.34. The molecule has 0 fully saturated rings. The number of benzene rings is 3. The summed E-state index contributed by atoms with van der Waals surface area (Å²) in [6, 6.07) is 18.4. The summed E-state index contributed by atoms with van der Waals surface area (Å²) in [6.45, 7) is 4.18. The number of carbonyl (C=O) groups excluding carboxylic acids is 3. The number of nitrogens with one attached hydrogen (secondary N) is 2. The van der Waals surface area contributed by atoms with Gasteiger partial charge in [0.15, 0.2) is 0 Å². The van der Waals surface area contributed by atoms with E-state index in [1.54, 1.807) is 73.7 Å². The van der Waals surface area contributed by atoms with Gasteiger partial charge in [-0.3, -0.25) is 14.4 Å². The summed E-state index contributed by atoms with van der Waals surface area (Å²) in [4.78, 5) is 39.3. The molecule has 9 heteroatoms. The van der Waals surface area contributed by atoms with Crippen molar-refractivity contribution in [2.45, 2.75) is 13.8 Å². The quantitative estimate of drug-likeness (QED) is 0.396. The van der Waals surface area contributed by atoms with Crippen LogP contribution in [0.4, 0.5) is 17.1 Å². The first kappa shape index (κ1) is 24.3. The highest BCUT2D eigenvalue weighted by Gasteiger charge is 2.39. The van der Waals surface area contributed by atoms with E-state index in [1.807, 2.05) is 6.92 Å². The van der Waals surface area contributed by atoms with Crippen molar-refractivity contribution < 1.29 is 19.1 Å². The van der Waals surface area contributed by atoms with Crippen LogP contribution in [0.2, 0.25) is 5.02 Å². The van der Waals surface area contributed by atoms with Crippen molar-refractivity contribution in [2.75, 3.05) is 22.1 Å². The van der Waals surface area contributed by atoms with E-state index < -0.39 is 11.8 Å². The SMILES string of the molecule is CCOc1ccc(NC(=O)c2ccc(NC3=C(Cl)C(=O)N(c4cccc(Cl)c4C)C3=O)cc2)cc1. The number of rotatable bonds is 7. The van der Waals surface area contributed by atoms with Gasteiger partial charge in [-0.25, -0.2) is 4.90 Å². The van der Waals surface area contributed by atoms with Crippen LogP contribution in [0.1, 0.15) is 22.8 Å². The summed E-state index contributed by atoms with van der Waals surface area (Å²) < 4.78 is 5.40. The van der Waals surface area contributed by atoms with Crippen LogP contribution < -0.4 is 20.3 Å². The van der Waals surface area contributed by atoms with E-state index in [0.29, 0.717) is 39.8 Å². The molecule has 3 aromatic carbocycles. The first-order valence-electron chi connectivity index (χ1n) is 10.7. The van der Waals surface area contributed by atoms with Crippen LogP contribution in [0.15, 0.2) is 77.5 Å². The minimum atomic E-state index is -0.643. The van der Waals surface area contributed by atoms with E-state index >= 15 is 0 Å². The molecule has 1 aliphatic heterocycles. The van der Waals surface area contributed by atoms with Crippen molar-refractivity contribution in [2.24, 2.45) is 0 Å². The fourth-order valence-corrected chi connectivity index (χ4v) is 3.90. The number of amides is 3. The Bertz CT molecular complexity index is 1340. The molecule has 2 N–H and O–H groups in total. The molecule has 0 aliphatic carbocycles. The molecule has 0 spiro atoms. The first-order valence-corrected chi connectivity index (χ1v) is 11.5. The van der Waals surface area contributed by atoms with Gasteiger partial charge in [0.1, 0.15) is 16.5 Å². The molecule has 7 nitrogen and oxygen atoms in total. The van der Waals surface area contributed by atoms with E-state index in [1.165, 1.54) is 0 Å². The third kappa shape index (κ3) is 5.01. The van der Waals surface area contributed by atoms with Crippen LogP contribution in [0.3, 0.4) is 0 Å². The van der Waals surface area contributed by atoms with Gasteiger partial charge in [-0.15, -0.1) is 0 Å². The number of hydrogen-bond donors (Lipinski definition) is 2. The van der Waals surface area contributed by atoms with E-state index in [9.17, 15) is 14.4 Å². The highest BCUT2D eigenvalue weighted by atomic mass is 35.5.